The number of hydrogen-bond acceptors (Lipinski definition) is 4. The molecule has 1 aliphatic carbocycles. The summed E-state index contributed by atoms with van der Waals surface area (Å²) in [6.07, 6.45) is 3.09. The van der Waals surface area contributed by atoms with Gasteiger partial charge >= 0.3 is 0 Å². The number of rotatable bonds is 6. The molecule has 4 nitrogen and oxygen atoms in total. The monoisotopic (exact) mass is 386 g/mol. The van der Waals surface area contributed by atoms with Crippen LogP contribution in [0.1, 0.15) is 36.8 Å². The second kappa shape index (κ2) is 8.17. The summed E-state index contributed by atoms with van der Waals surface area (Å²) in [7, 11) is -1.69. The Labute approximate surface area is 161 Å². The molecule has 0 saturated heterocycles. The summed E-state index contributed by atoms with van der Waals surface area (Å²) in [4.78, 5) is 0.353. The van der Waals surface area contributed by atoms with Gasteiger partial charge in [-0.2, -0.15) is 0 Å². The lowest BCUT2D eigenvalue weighted by atomic mass is 9.96. The fourth-order valence-corrected chi connectivity index (χ4v) is 5.31. The zero-order chi connectivity index (χ0) is 19.4. The van der Waals surface area contributed by atoms with Gasteiger partial charge in [-0.3, -0.25) is 0 Å². The predicted molar refractivity (Wildman–Crippen MR) is 107 cm³/mol. The van der Waals surface area contributed by atoms with Crippen LogP contribution in [-0.2, 0) is 16.4 Å². The Morgan fingerprint density at radius 1 is 1.11 bits per heavy atom. The topological polar surface area (TPSA) is 52.6 Å². The molecule has 0 bridgehead atoms. The Morgan fingerprint density at radius 3 is 2.52 bits per heavy atom. The standard InChI is InChI=1S/C22H26O4S/c1-16-5-4-6-22(13-16)27(23,24)21-9-7-19(8-10-21)26-15-18-11-17(2)12-20(14-18)25-3/h7-12,14,22H,1,4-6,13,15H2,2-3H3. The van der Waals surface area contributed by atoms with E-state index in [2.05, 4.69) is 6.58 Å². The molecule has 0 N–H and O–H groups in total. The largest absolute Gasteiger partial charge is 0.497 e. The molecule has 0 radical (unpaired) electrons. The normalized spacial score (nSPS) is 17.6. The average Bonchev–Trinajstić information content (AvgIpc) is 2.66. The number of hydrogen-bond donors (Lipinski definition) is 0. The van der Waals surface area contributed by atoms with Gasteiger partial charge in [-0.15, -0.1) is 0 Å². The highest BCUT2D eigenvalue weighted by Crippen LogP contribution is 2.31. The van der Waals surface area contributed by atoms with E-state index in [0.29, 0.717) is 30.1 Å². The Morgan fingerprint density at radius 2 is 1.85 bits per heavy atom. The summed E-state index contributed by atoms with van der Waals surface area (Å²) in [5.41, 5.74) is 3.14. The van der Waals surface area contributed by atoms with Crippen LogP contribution in [0.2, 0.25) is 0 Å². The molecule has 5 heteroatoms. The smallest absolute Gasteiger partial charge is 0.181 e. The van der Waals surface area contributed by atoms with Gasteiger partial charge in [0, 0.05) is 0 Å². The number of methoxy groups -OCH3 is 1. The van der Waals surface area contributed by atoms with Crippen molar-refractivity contribution in [2.75, 3.05) is 7.11 Å². The molecular weight excluding hydrogens is 360 g/mol. The number of allylic oxidation sites excluding steroid dienone is 1. The molecule has 0 amide bonds. The third kappa shape index (κ3) is 4.72. The quantitative estimate of drug-likeness (QED) is 0.666. The molecule has 2 aromatic carbocycles. The minimum atomic E-state index is -3.33. The van der Waals surface area contributed by atoms with Crippen LogP contribution in [0.15, 0.2) is 59.5 Å². The molecule has 1 atom stereocenters. The molecule has 0 spiro atoms. The van der Waals surface area contributed by atoms with E-state index >= 15 is 0 Å². The summed E-state index contributed by atoms with van der Waals surface area (Å²) in [6.45, 7) is 6.36. The number of benzene rings is 2. The first-order valence-corrected chi connectivity index (χ1v) is 10.7. The van der Waals surface area contributed by atoms with E-state index in [1.165, 1.54) is 0 Å². The first kappa shape index (κ1) is 19.5. The minimum Gasteiger partial charge on any atom is -0.497 e. The molecule has 0 aromatic heterocycles. The second-order valence-electron chi connectivity index (χ2n) is 7.13. The van der Waals surface area contributed by atoms with Crippen molar-refractivity contribution in [3.05, 3.63) is 65.7 Å². The van der Waals surface area contributed by atoms with Crippen LogP contribution in [0.4, 0.5) is 0 Å². The van der Waals surface area contributed by atoms with Crippen LogP contribution in [0.3, 0.4) is 0 Å². The van der Waals surface area contributed by atoms with E-state index in [1.807, 2.05) is 25.1 Å². The lowest BCUT2D eigenvalue weighted by Gasteiger charge is -2.23. The van der Waals surface area contributed by atoms with Gasteiger partial charge in [0.25, 0.3) is 0 Å². The lowest BCUT2D eigenvalue weighted by molar-refractivity contribution is 0.305. The van der Waals surface area contributed by atoms with Gasteiger partial charge in [0.15, 0.2) is 9.84 Å². The highest BCUT2D eigenvalue weighted by atomic mass is 32.2. The fraction of sp³-hybridized carbons (Fsp3) is 0.364. The van der Waals surface area contributed by atoms with E-state index in [0.717, 1.165) is 35.3 Å². The molecule has 3 rings (SSSR count). The van der Waals surface area contributed by atoms with E-state index in [9.17, 15) is 8.42 Å². The highest BCUT2D eigenvalue weighted by Gasteiger charge is 2.30. The zero-order valence-corrected chi connectivity index (χ0v) is 16.7. The van der Waals surface area contributed by atoms with Crippen LogP contribution in [0.25, 0.3) is 0 Å². The van der Waals surface area contributed by atoms with Crippen molar-refractivity contribution in [2.24, 2.45) is 0 Å². The molecule has 2 aromatic rings. The number of aryl methyl sites for hydroxylation is 1. The van der Waals surface area contributed by atoms with Crippen molar-refractivity contribution in [3.8, 4) is 11.5 Å². The van der Waals surface area contributed by atoms with E-state index < -0.39 is 9.84 Å². The summed E-state index contributed by atoms with van der Waals surface area (Å²) in [5, 5.41) is -0.356. The second-order valence-corrected chi connectivity index (χ2v) is 9.36. The summed E-state index contributed by atoms with van der Waals surface area (Å²) < 4.78 is 36.8. The summed E-state index contributed by atoms with van der Waals surface area (Å²) in [5.74, 6) is 1.44. The third-order valence-electron chi connectivity index (χ3n) is 4.92. The van der Waals surface area contributed by atoms with Gasteiger partial charge < -0.3 is 9.47 Å². The Bertz CT molecular complexity index is 914. The third-order valence-corrected chi connectivity index (χ3v) is 7.12. The molecular formula is C22H26O4S. The highest BCUT2D eigenvalue weighted by molar-refractivity contribution is 7.92. The minimum absolute atomic E-state index is 0.353. The van der Waals surface area contributed by atoms with Crippen LogP contribution < -0.4 is 9.47 Å². The molecule has 1 unspecified atom stereocenters. The van der Waals surface area contributed by atoms with E-state index in [4.69, 9.17) is 9.47 Å². The van der Waals surface area contributed by atoms with Gasteiger partial charge in [-0.1, -0.05) is 18.2 Å². The van der Waals surface area contributed by atoms with Crippen molar-refractivity contribution < 1.29 is 17.9 Å². The molecule has 1 saturated carbocycles. The first-order chi connectivity index (χ1) is 12.9. The van der Waals surface area contributed by atoms with Gasteiger partial charge in [0.2, 0.25) is 0 Å². The number of ether oxygens (including phenoxy) is 2. The molecule has 1 fully saturated rings. The SMILES string of the molecule is C=C1CCCC(S(=O)(=O)c2ccc(OCc3cc(C)cc(OC)c3)cc2)C1. The number of sulfone groups is 1. The molecule has 1 aliphatic rings. The average molecular weight is 387 g/mol. The maximum atomic E-state index is 12.8. The molecule has 0 heterocycles. The van der Waals surface area contributed by atoms with Crippen molar-refractivity contribution in [1.82, 2.24) is 0 Å². The van der Waals surface area contributed by atoms with Crippen molar-refractivity contribution >= 4 is 9.84 Å². The van der Waals surface area contributed by atoms with Crippen molar-refractivity contribution in [1.29, 1.82) is 0 Å². The maximum absolute atomic E-state index is 12.8. The van der Waals surface area contributed by atoms with Crippen LogP contribution in [0, 0.1) is 6.92 Å². The molecule has 144 valence electrons. The van der Waals surface area contributed by atoms with Crippen LogP contribution in [-0.4, -0.2) is 20.8 Å². The lowest BCUT2D eigenvalue weighted by Crippen LogP contribution is -2.24. The Hall–Kier alpha value is -2.27. The Balaban J connectivity index is 1.68. The van der Waals surface area contributed by atoms with Gasteiger partial charge in [0.05, 0.1) is 17.3 Å². The molecule has 27 heavy (non-hydrogen) atoms. The predicted octanol–water partition coefficient (Wildman–Crippen LogP) is 4.86. The van der Waals surface area contributed by atoms with E-state index in [1.54, 1.807) is 31.4 Å². The van der Waals surface area contributed by atoms with Crippen LogP contribution >= 0.6 is 0 Å². The first-order valence-electron chi connectivity index (χ1n) is 9.16. The maximum Gasteiger partial charge on any atom is 0.181 e. The van der Waals surface area contributed by atoms with Gasteiger partial charge in [0.1, 0.15) is 18.1 Å². The summed E-state index contributed by atoms with van der Waals surface area (Å²) in [6, 6.07) is 12.6. The van der Waals surface area contributed by atoms with Crippen LogP contribution in [0.5, 0.6) is 11.5 Å². The van der Waals surface area contributed by atoms with Crippen molar-refractivity contribution in [2.45, 2.75) is 49.4 Å². The molecule has 0 aliphatic heterocycles. The zero-order valence-electron chi connectivity index (χ0n) is 15.9. The van der Waals surface area contributed by atoms with Gasteiger partial charge in [-0.05, 0) is 80.1 Å². The fourth-order valence-electron chi connectivity index (χ4n) is 3.48. The van der Waals surface area contributed by atoms with Gasteiger partial charge in [-0.25, -0.2) is 8.42 Å². The van der Waals surface area contributed by atoms with Crippen molar-refractivity contribution in [3.63, 3.8) is 0 Å². The van der Waals surface area contributed by atoms with E-state index in [-0.39, 0.29) is 5.25 Å². The Kier molecular flexibility index (Phi) is 5.90. The summed E-state index contributed by atoms with van der Waals surface area (Å²) >= 11 is 0.